The van der Waals surface area contributed by atoms with E-state index in [1.165, 1.54) is 19.2 Å². The molecule has 2 aromatic heterocycles. The Morgan fingerprint density at radius 3 is 2.58 bits per heavy atom. The van der Waals surface area contributed by atoms with Crippen molar-refractivity contribution in [3.8, 4) is 11.3 Å². The fourth-order valence-electron chi connectivity index (χ4n) is 3.37. The predicted octanol–water partition coefficient (Wildman–Crippen LogP) is 4.68. The molecule has 0 radical (unpaired) electrons. The second kappa shape index (κ2) is 7.98. The molecule has 0 saturated carbocycles. The van der Waals surface area contributed by atoms with Crippen LogP contribution in [0.4, 0.5) is 10.1 Å². The van der Waals surface area contributed by atoms with Gasteiger partial charge in [0, 0.05) is 11.3 Å². The fourth-order valence-corrected chi connectivity index (χ4v) is 3.37. The van der Waals surface area contributed by atoms with Crippen molar-refractivity contribution in [3.63, 3.8) is 0 Å². The van der Waals surface area contributed by atoms with Crippen LogP contribution in [0.3, 0.4) is 0 Å². The number of fused-ring (bicyclic) bond motifs is 1. The van der Waals surface area contributed by atoms with Gasteiger partial charge in [0.1, 0.15) is 5.82 Å². The molecule has 8 heteroatoms. The van der Waals surface area contributed by atoms with Crippen LogP contribution >= 0.6 is 0 Å². The molecule has 31 heavy (non-hydrogen) atoms. The molecule has 156 valence electrons. The Balaban J connectivity index is 1.81. The lowest BCUT2D eigenvalue weighted by atomic mass is 10.0. The van der Waals surface area contributed by atoms with Gasteiger partial charge in [-0.25, -0.2) is 14.2 Å². The zero-order valence-corrected chi connectivity index (χ0v) is 17.0. The van der Waals surface area contributed by atoms with E-state index in [2.05, 4.69) is 15.5 Å². The minimum absolute atomic E-state index is 0.128. The minimum atomic E-state index is -0.503. The van der Waals surface area contributed by atoms with Crippen molar-refractivity contribution in [3.05, 3.63) is 76.7 Å². The maximum absolute atomic E-state index is 14.3. The molecule has 2 heterocycles. The van der Waals surface area contributed by atoms with Crippen molar-refractivity contribution in [2.75, 3.05) is 12.4 Å². The van der Waals surface area contributed by atoms with E-state index in [1.54, 1.807) is 50.2 Å². The number of pyridine rings is 1. The quantitative estimate of drug-likeness (QED) is 0.483. The van der Waals surface area contributed by atoms with Gasteiger partial charge in [0.05, 0.1) is 35.0 Å². The van der Waals surface area contributed by atoms with Crippen molar-refractivity contribution in [2.45, 2.75) is 13.8 Å². The number of ether oxygens (including phenoxy) is 1. The molecule has 0 saturated heterocycles. The lowest BCUT2D eigenvalue weighted by molar-refractivity contribution is 0.0599. The number of hydrogen-bond acceptors (Lipinski definition) is 6. The van der Waals surface area contributed by atoms with Crippen molar-refractivity contribution >= 4 is 28.7 Å². The van der Waals surface area contributed by atoms with Gasteiger partial charge in [0.2, 0.25) is 0 Å². The summed E-state index contributed by atoms with van der Waals surface area (Å²) < 4.78 is 24.4. The predicted molar refractivity (Wildman–Crippen MR) is 112 cm³/mol. The first-order valence-corrected chi connectivity index (χ1v) is 9.42. The van der Waals surface area contributed by atoms with Gasteiger partial charge < -0.3 is 14.6 Å². The third kappa shape index (κ3) is 3.63. The van der Waals surface area contributed by atoms with Crippen LogP contribution in [0.1, 0.15) is 32.0 Å². The first kappa shape index (κ1) is 20.2. The number of halogens is 1. The summed E-state index contributed by atoms with van der Waals surface area (Å²) in [4.78, 5) is 29.5. The van der Waals surface area contributed by atoms with Crippen molar-refractivity contribution in [1.29, 1.82) is 0 Å². The number of carbonyl (C=O) groups excluding carboxylic acids is 2. The van der Waals surface area contributed by atoms with Gasteiger partial charge in [-0.15, -0.1) is 0 Å². The Bertz CT molecular complexity index is 1330. The average molecular weight is 419 g/mol. The summed E-state index contributed by atoms with van der Waals surface area (Å²) in [6, 6.07) is 12.6. The Hall–Kier alpha value is -4.07. The summed E-state index contributed by atoms with van der Waals surface area (Å²) in [5.74, 6) is -1.45. The SMILES string of the molecule is COC(=O)c1cccc(NC(=O)c2cc(-c3ccccc3F)nc3onc(C)c23)c1C. The van der Waals surface area contributed by atoms with E-state index >= 15 is 0 Å². The molecule has 0 spiro atoms. The van der Waals surface area contributed by atoms with Gasteiger partial charge in [-0.3, -0.25) is 4.79 Å². The second-order valence-corrected chi connectivity index (χ2v) is 6.91. The molecule has 0 bridgehead atoms. The summed E-state index contributed by atoms with van der Waals surface area (Å²) in [7, 11) is 1.29. The van der Waals surface area contributed by atoms with E-state index in [-0.39, 0.29) is 22.5 Å². The van der Waals surface area contributed by atoms with E-state index in [1.807, 2.05) is 0 Å². The van der Waals surface area contributed by atoms with Crippen LogP contribution < -0.4 is 5.32 Å². The van der Waals surface area contributed by atoms with Crippen LogP contribution in [0.25, 0.3) is 22.4 Å². The number of aromatic nitrogens is 2. The molecule has 0 aliphatic carbocycles. The highest BCUT2D eigenvalue weighted by Crippen LogP contribution is 2.29. The zero-order chi connectivity index (χ0) is 22.1. The number of esters is 1. The highest BCUT2D eigenvalue weighted by molar-refractivity contribution is 6.13. The summed E-state index contributed by atoms with van der Waals surface area (Å²) in [6.07, 6.45) is 0. The Morgan fingerprint density at radius 2 is 1.84 bits per heavy atom. The van der Waals surface area contributed by atoms with E-state index < -0.39 is 17.7 Å². The number of hydrogen-bond donors (Lipinski definition) is 1. The molecular formula is C23H18FN3O4. The minimum Gasteiger partial charge on any atom is -0.465 e. The second-order valence-electron chi connectivity index (χ2n) is 6.91. The first-order valence-electron chi connectivity index (χ1n) is 9.42. The molecular weight excluding hydrogens is 401 g/mol. The number of methoxy groups -OCH3 is 1. The number of aryl methyl sites for hydroxylation is 1. The summed E-state index contributed by atoms with van der Waals surface area (Å²) in [6.45, 7) is 3.40. The van der Waals surface area contributed by atoms with Gasteiger partial charge in [-0.1, -0.05) is 23.4 Å². The third-order valence-corrected chi connectivity index (χ3v) is 5.00. The molecule has 0 fully saturated rings. The number of amides is 1. The first-order chi connectivity index (χ1) is 14.9. The van der Waals surface area contributed by atoms with Crippen LogP contribution in [0.15, 0.2) is 53.1 Å². The zero-order valence-electron chi connectivity index (χ0n) is 17.0. The van der Waals surface area contributed by atoms with E-state index in [0.717, 1.165) is 0 Å². The maximum Gasteiger partial charge on any atom is 0.338 e. The molecule has 7 nitrogen and oxygen atoms in total. The van der Waals surface area contributed by atoms with Gasteiger partial charge in [0.15, 0.2) is 0 Å². The van der Waals surface area contributed by atoms with Crippen LogP contribution in [-0.2, 0) is 4.74 Å². The number of benzene rings is 2. The summed E-state index contributed by atoms with van der Waals surface area (Å²) >= 11 is 0. The van der Waals surface area contributed by atoms with Gasteiger partial charge in [0.25, 0.3) is 11.6 Å². The standard InChI is InChI=1S/C23H18FN3O4/c1-12-14(23(29)30-3)8-6-10-18(12)25-21(28)16-11-19(15-7-4-5-9-17(15)24)26-22-20(16)13(2)27-31-22/h4-11H,1-3H3,(H,25,28). The highest BCUT2D eigenvalue weighted by Gasteiger charge is 2.21. The van der Waals surface area contributed by atoms with Crippen LogP contribution in [0.5, 0.6) is 0 Å². The topological polar surface area (TPSA) is 94.3 Å². The Labute approximate surface area is 176 Å². The summed E-state index contributed by atoms with van der Waals surface area (Å²) in [5.41, 5.74) is 2.65. The molecule has 0 atom stereocenters. The largest absolute Gasteiger partial charge is 0.465 e. The van der Waals surface area contributed by atoms with Crippen molar-refractivity contribution < 1.29 is 23.2 Å². The number of anilines is 1. The fraction of sp³-hybridized carbons (Fsp3) is 0.130. The molecule has 4 rings (SSSR count). The number of carbonyl (C=O) groups is 2. The molecule has 2 aromatic carbocycles. The van der Waals surface area contributed by atoms with E-state index in [0.29, 0.717) is 27.9 Å². The number of nitrogens with zero attached hydrogens (tertiary/aromatic N) is 2. The van der Waals surface area contributed by atoms with Crippen LogP contribution in [0, 0.1) is 19.7 Å². The van der Waals surface area contributed by atoms with E-state index in [9.17, 15) is 14.0 Å². The summed E-state index contributed by atoms with van der Waals surface area (Å²) in [5, 5.41) is 7.14. The maximum atomic E-state index is 14.3. The van der Waals surface area contributed by atoms with Crippen LogP contribution in [-0.4, -0.2) is 29.1 Å². The van der Waals surface area contributed by atoms with Gasteiger partial charge in [-0.2, -0.15) is 0 Å². The monoisotopic (exact) mass is 419 g/mol. The van der Waals surface area contributed by atoms with Crippen molar-refractivity contribution in [1.82, 2.24) is 10.1 Å². The van der Waals surface area contributed by atoms with Crippen molar-refractivity contribution in [2.24, 2.45) is 0 Å². The Morgan fingerprint density at radius 1 is 1.06 bits per heavy atom. The lowest BCUT2D eigenvalue weighted by Crippen LogP contribution is -2.15. The smallest absolute Gasteiger partial charge is 0.338 e. The molecule has 1 amide bonds. The normalized spacial score (nSPS) is 10.8. The van der Waals surface area contributed by atoms with Crippen LogP contribution in [0.2, 0.25) is 0 Å². The van der Waals surface area contributed by atoms with Gasteiger partial charge in [-0.05, 0) is 49.7 Å². The third-order valence-electron chi connectivity index (χ3n) is 5.00. The van der Waals surface area contributed by atoms with Gasteiger partial charge >= 0.3 is 5.97 Å². The molecule has 0 unspecified atom stereocenters. The molecule has 0 aliphatic rings. The molecule has 0 aliphatic heterocycles. The molecule has 1 N–H and O–H groups in total. The number of nitrogens with one attached hydrogen (secondary N) is 1. The Kier molecular flexibility index (Phi) is 5.21. The lowest BCUT2D eigenvalue weighted by Gasteiger charge is -2.12. The highest BCUT2D eigenvalue weighted by atomic mass is 19.1. The van der Waals surface area contributed by atoms with E-state index in [4.69, 9.17) is 9.26 Å². The number of rotatable bonds is 4. The molecule has 4 aromatic rings. The average Bonchev–Trinajstić information content (AvgIpc) is 3.15.